The topological polar surface area (TPSA) is 87.2 Å². The number of rotatable bonds is 4. The molecule has 2 aromatic rings. The van der Waals surface area contributed by atoms with Crippen LogP contribution in [-0.2, 0) is 11.3 Å². The first-order chi connectivity index (χ1) is 12.6. The maximum absolute atomic E-state index is 12.5. The first kappa shape index (κ1) is 17.8. The molecule has 3 amide bonds. The molecule has 3 heterocycles. The fraction of sp³-hybridized carbons (Fsp3) is 0.368. The van der Waals surface area contributed by atoms with Gasteiger partial charge in [-0.1, -0.05) is 12.1 Å². The number of amides is 3. The van der Waals surface area contributed by atoms with Gasteiger partial charge in [0.1, 0.15) is 5.82 Å². The Morgan fingerprint density at radius 3 is 2.88 bits per heavy atom. The normalized spacial score (nSPS) is 16.8. The molecule has 0 spiro atoms. The van der Waals surface area contributed by atoms with Crippen LogP contribution in [0.15, 0.2) is 42.9 Å². The molecule has 1 aliphatic heterocycles. The summed E-state index contributed by atoms with van der Waals surface area (Å²) in [5.41, 5.74) is 1.98. The number of nitrogens with one attached hydrogen (secondary N) is 2. The molecule has 7 nitrogen and oxygen atoms in total. The van der Waals surface area contributed by atoms with Crippen molar-refractivity contribution in [1.29, 1.82) is 0 Å². The first-order valence-corrected chi connectivity index (χ1v) is 8.77. The van der Waals surface area contributed by atoms with Gasteiger partial charge in [-0.2, -0.15) is 0 Å². The van der Waals surface area contributed by atoms with Crippen LogP contribution in [0.1, 0.15) is 24.0 Å². The van der Waals surface area contributed by atoms with Gasteiger partial charge in [-0.25, -0.2) is 9.78 Å². The lowest BCUT2D eigenvalue weighted by atomic mass is 9.97. The summed E-state index contributed by atoms with van der Waals surface area (Å²) in [4.78, 5) is 34.8. The van der Waals surface area contributed by atoms with Gasteiger partial charge in [-0.3, -0.25) is 9.78 Å². The number of nitrogens with zero attached hydrogens (tertiary/aromatic N) is 3. The highest BCUT2D eigenvalue weighted by Gasteiger charge is 2.28. The maximum atomic E-state index is 12.5. The number of urea groups is 1. The van der Waals surface area contributed by atoms with Crippen LogP contribution in [0.4, 0.5) is 10.6 Å². The average molecular weight is 353 g/mol. The number of anilines is 1. The van der Waals surface area contributed by atoms with Crippen LogP contribution in [0, 0.1) is 12.8 Å². The SMILES string of the molecule is Cc1ccc(NC(=O)[C@@H]2CCCN(C(=O)NCc3cccnc3)C2)nc1. The summed E-state index contributed by atoms with van der Waals surface area (Å²) in [5.74, 6) is 0.223. The average Bonchev–Trinajstić information content (AvgIpc) is 2.69. The van der Waals surface area contributed by atoms with Crippen molar-refractivity contribution in [2.24, 2.45) is 5.92 Å². The second-order valence-electron chi connectivity index (χ2n) is 6.52. The molecule has 1 atom stereocenters. The first-order valence-electron chi connectivity index (χ1n) is 8.77. The Bertz CT molecular complexity index is 748. The molecule has 0 bridgehead atoms. The second-order valence-corrected chi connectivity index (χ2v) is 6.52. The number of hydrogen-bond donors (Lipinski definition) is 2. The highest BCUT2D eigenvalue weighted by Crippen LogP contribution is 2.18. The summed E-state index contributed by atoms with van der Waals surface area (Å²) in [7, 11) is 0. The number of piperidine rings is 1. The number of aromatic nitrogens is 2. The Morgan fingerprint density at radius 1 is 1.27 bits per heavy atom. The number of carbonyl (C=O) groups excluding carboxylic acids is 2. The molecule has 0 saturated carbocycles. The fourth-order valence-corrected chi connectivity index (χ4v) is 2.94. The van der Waals surface area contributed by atoms with Gasteiger partial charge in [0.05, 0.1) is 5.92 Å². The van der Waals surface area contributed by atoms with Gasteiger partial charge in [-0.05, 0) is 43.0 Å². The van der Waals surface area contributed by atoms with Crippen LogP contribution < -0.4 is 10.6 Å². The predicted molar refractivity (Wildman–Crippen MR) is 98.4 cm³/mol. The molecule has 2 N–H and O–H groups in total. The fourth-order valence-electron chi connectivity index (χ4n) is 2.94. The van der Waals surface area contributed by atoms with Gasteiger partial charge in [0.15, 0.2) is 0 Å². The van der Waals surface area contributed by atoms with Crippen molar-refractivity contribution >= 4 is 17.8 Å². The van der Waals surface area contributed by atoms with Gasteiger partial charge in [0.25, 0.3) is 0 Å². The van der Waals surface area contributed by atoms with Crippen molar-refractivity contribution in [3.8, 4) is 0 Å². The molecular formula is C19H23N5O2. The van der Waals surface area contributed by atoms with Crippen LogP contribution >= 0.6 is 0 Å². The summed E-state index contributed by atoms with van der Waals surface area (Å²) in [6.45, 7) is 3.44. The van der Waals surface area contributed by atoms with Gasteiger partial charge >= 0.3 is 6.03 Å². The number of hydrogen-bond acceptors (Lipinski definition) is 4. The molecule has 0 aromatic carbocycles. The van der Waals surface area contributed by atoms with E-state index in [4.69, 9.17) is 0 Å². The Hall–Kier alpha value is -2.96. The Kier molecular flexibility index (Phi) is 5.78. The quantitative estimate of drug-likeness (QED) is 0.883. The zero-order chi connectivity index (χ0) is 18.4. The van der Waals surface area contributed by atoms with Crippen LogP contribution in [0.3, 0.4) is 0 Å². The third kappa shape index (κ3) is 4.78. The Balaban J connectivity index is 1.52. The van der Waals surface area contributed by atoms with Crippen LogP contribution in [0.2, 0.25) is 0 Å². The summed E-state index contributed by atoms with van der Waals surface area (Å²) in [5, 5.41) is 5.73. The van der Waals surface area contributed by atoms with E-state index in [9.17, 15) is 9.59 Å². The Labute approximate surface area is 152 Å². The van der Waals surface area contributed by atoms with Crippen molar-refractivity contribution in [3.63, 3.8) is 0 Å². The van der Waals surface area contributed by atoms with E-state index in [0.29, 0.717) is 25.5 Å². The van der Waals surface area contributed by atoms with E-state index in [2.05, 4.69) is 20.6 Å². The van der Waals surface area contributed by atoms with Gasteiger partial charge < -0.3 is 15.5 Å². The third-order valence-corrected chi connectivity index (χ3v) is 4.41. The van der Waals surface area contributed by atoms with E-state index in [1.165, 1.54) is 0 Å². The van der Waals surface area contributed by atoms with Crippen LogP contribution in [-0.4, -0.2) is 39.9 Å². The van der Waals surface area contributed by atoms with E-state index in [1.54, 1.807) is 29.6 Å². The molecule has 1 saturated heterocycles. The number of carbonyl (C=O) groups is 2. The van der Waals surface area contributed by atoms with Gasteiger partial charge in [0.2, 0.25) is 5.91 Å². The summed E-state index contributed by atoms with van der Waals surface area (Å²) in [6.07, 6.45) is 6.71. The van der Waals surface area contributed by atoms with E-state index in [1.807, 2.05) is 25.1 Å². The van der Waals surface area contributed by atoms with Crippen molar-refractivity contribution in [2.75, 3.05) is 18.4 Å². The largest absolute Gasteiger partial charge is 0.334 e. The number of aryl methyl sites for hydroxylation is 1. The maximum Gasteiger partial charge on any atom is 0.317 e. The minimum absolute atomic E-state index is 0.0916. The van der Waals surface area contributed by atoms with Crippen molar-refractivity contribution < 1.29 is 9.59 Å². The molecule has 136 valence electrons. The van der Waals surface area contributed by atoms with E-state index in [0.717, 1.165) is 24.0 Å². The van der Waals surface area contributed by atoms with Crippen molar-refractivity contribution in [2.45, 2.75) is 26.3 Å². The molecule has 26 heavy (non-hydrogen) atoms. The number of likely N-dealkylation sites (tertiary alicyclic amines) is 1. The molecular weight excluding hydrogens is 330 g/mol. The van der Waals surface area contributed by atoms with Gasteiger partial charge in [0, 0.05) is 38.2 Å². The summed E-state index contributed by atoms with van der Waals surface area (Å²) in [6, 6.07) is 7.28. The number of pyridine rings is 2. The lowest BCUT2D eigenvalue weighted by molar-refractivity contribution is -0.121. The lowest BCUT2D eigenvalue weighted by Crippen LogP contribution is -2.47. The van der Waals surface area contributed by atoms with Crippen LogP contribution in [0.25, 0.3) is 0 Å². The summed E-state index contributed by atoms with van der Waals surface area (Å²) >= 11 is 0. The molecule has 7 heteroatoms. The highest BCUT2D eigenvalue weighted by molar-refractivity contribution is 5.92. The molecule has 0 unspecified atom stereocenters. The smallest absolute Gasteiger partial charge is 0.317 e. The molecule has 0 radical (unpaired) electrons. The zero-order valence-corrected chi connectivity index (χ0v) is 14.8. The predicted octanol–water partition coefficient (Wildman–Crippen LogP) is 2.35. The molecule has 2 aromatic heterocycles. The lowest BCUT2D eigenvalue weighted by Gasteiger charge is -2.32. The molecule has 3 rings (SSSR count). The molecule has 1 fully saturated rings. The molecule has 0 aliphatic carbocycles. The molecule has 1 aliphatic rings. The monoisotopic (exact) mass is 353 g/mol. The standard InChI is InChI=1S/C19H23N5O2/c1-14-6-7-17(21-10-14)23-18(25)16-5-3-9-24(13-16)19(26)22-12-15-4-2-8-20-11-15/h2,4,6-8,10-11,16H,3,5,9,12-13H2,1H3,(H,22,26)(H,21,23,25)/t16-/m1/s1. The third-order valence-electron chi connectivity index (χ3n) is 4.41. The van der Waals surface area contributed by atoms with E-state index in [-0.39, 0.29) is 17.9 Å². The van der Waals surface area contributed by atoms with E-state index < -0.39 is 0 Å². The highest BCUT2D eigenvalue weighted by atomic mass is 16.2. The minimum Gasteiger partial charge on any atom is -0.334 e. The van der Waals surface area contributed by atoms with Gasteiger partial charge in [-0.15, -0.1) is 0 Å². The van der Waals surface area contributed by atoms with Crippen LogP contribution in [0.5, 0.6) is 0 Å². The van der Waals surface area contributed by atoms with Crippen molar-refractivity contribution in [3.05, 3.63) is 54.0 Å². The summed E-state index contributed by atoms with van der Waals surface area (Å²) < 4.78 is 0. The van der Waals surface area contributed by atoms with Crippen molar-refractivity contribution in [1.82, 2.24) is 20.2 Å². The van der Waals surface area contributed by atoms with E-state index >= 15 is 0 Å². The Morgan fingerprint density at radius 2 is 2.15 bits per heavy atom. The second kappa shape index (κ2) is 8.42. The zero-order valence-electron chi connectivity index (χ0n) is 14.8. The minimum atomic E-state index is -0.226.